The maximum atomic E-state index is 11.3. The summed E-state index contributed by atoms with van der Waals surface area (Å²) in [7, 11) is 5.52. The quantitative estimate of drug-likeness (QED) is 0.265. The topological polar surface area (TPSA) is 107 Å². The van der Waals surface area contributed by atoms with Gasteiger partial charge in [-0.2, -0.15) is 0 Å². The Balaban J connectivity index is 0.000000954. The molecule has 182 valence electrons. The van der Waals surface area contributed by atoms with Gasteiger partial charge in [0.15, 0.2) is 19.3 Å². The van der Waals surface area contributed by atoms with Gasteiger partial charge in [0.25, 0.3) is 0 Å². The van der Waals surface area contributed by atoms with Crippen LogP contribution < -0.4 is 0 Å². The molecule has 31 heavy (non-hydrogen) atoms. The van der Waals surface area contributed by atoms with E-state index in [0.717, 1.165) is 25.1 Å². The normalized spacial score (nSPS) is 19.4. The first kappa shape index (κ1) is 29.5. The molecule has 0 bridgehead atoms. The van der Waals surface area contributed by atoms with Crippen LogP contribution in [0.2, 0.25) is 0 Å². The number of aliphatic carboxylic acids is 2. The predicted octanol–water partition coefficient (Wildman–Crippen LogP) is 3.34. The van der Waals surface area contributed by atoms with E-state index in [4.69, 9.17) is 5.11 Å². The van der Waals surface area contributed by atoms with Gasteiger partial charge in [0.2, 0.25) is 5.84 Å². The van der Waals surface area contributed by atoms with E-state index in [1.54, 1.807) is 0 Å². The zero-order valence-corrected chi connectivity index (χ0v) is 20.5. The predicted molar refractivity (Wildman–Crippen MR) is 124 cm³/mol. The molecule has 3 N–H and O–H groups in total. The number of nitrogens with zero attached hydrogens (tertiary/aromatic N) is 3. The molecule has 1 aliphatic heterocycles. The zero-order valence-electron chi connectivity index (χ0n) is 20.5. The number of carboxylic acids is 2. The molecule has 0 aliphatic carbocycles. The Morgan fingerprint density at radius 2 is 1.55 bits per heavy atom. The van der Waals surface area contributed by atoms with Crippen molar-refractivity contribution in [2.24, 2.45) is 4.99 Å². The number of carbonyl (C=O) groups is 2. The number of hydrogen-bond acceptors (Lipinski definition) is 4. The van der Waals surface area contributed by atoms with Crippen LogP contribution >= 0.6 is 0 Å². The fourth-order valence-corrected chi connectivity index (χ4v) is 3.92. The Kier molecular flexibility index (Phi) is 14.6. The van der Waals surface area contributed by atoms with Crippen molar-refractivity contribution in [1.29, 1.82) is 0 Å². The standard InChI is InChI=1S/C18H34N2O3.C5H11NO2/c1-3-5-6-7-8-9-10-12-16-19-13-14-20(16,15-18(22)23)17(21)11-4-2;1-6(2,3)4-5(7)8/h17,21H,3-15H2,1-2H3;4H2,1-3H3/p+2. The molecule has 8 nitrogen and oxygen atoms in total. The van der Waals surface area contributed by atoms with Crippen LogP contribution in [0, 0.1) is 0 Å². The van der Waals surface area contributed by atoms with Crippen LogP contribution in [-0.2, 0) is 9.59 Å². The van der Waals surface area contributed by atoms with E-state index >= 15 is 0 Å². The maximum Gasteiger partial charge on any atom is 0.359 e. The highest BCUT2D eigenvalue weighted by atomic mass is 16.4. The Bertz CT molecular complexity index is 560. The third-order valence-electron chi connectivity index (χ3n) is 5.46. The number of aliphatic hydroxyl groups is 1. The number of aliphatic hydroxyl groups excluding tert-OH is 1. The van der Waals surface area contributed by atoms with Crippen molar-refractivity contribution in [3.05, 3.63) is 0 Å². The second-order valence-electron chi connectivity index (χ2n) is 9.59. The lowest BCUT2D eigenvalue weighted by molar-refractivity contribution is -0.880. The first-order valence-electron chi connectivity index (χ1n) is 11.8. The van der Waals surface area contributed by atoms with Gasteiger partial charge in [-0.1, -0.05) is 52.4 Å². The van der Waals surface area contributed by atoms with Crippen LogP contribution in [0.25, 0.3) is 0 Å². The van der Waals surface area contributed by atoms with Gasteiger partial charge in [-0.25, -0.2) is 19.1 Å². The highest BCUT2D eigenvalue weighted by Crippen LogP contribution is 2.25. The summed E-state index contributed by atoms with van der Waals surface area (Å²) in [4.78, 5) is 25.9. The summed E-state index contributed by atoms with van der Waals surface area (Å²) >= 11 is 0. The van der Waals surface area contributed by atoms with Gasteiger partial charge in [0.05, 0.1) is 27.7 Å². The molecule has 0 aromatic carbocycles. The summed E-state index contributed by atoms with van der Waals surface area (Å²) in [5.74, 6) is -0.700. The lowest BCUT2D eigenvalue weighted by Crippen LogP contribution is -2.60. The summed E-state index contributed by atoms with van der Waals surface area (Å²) < 4.78 is 0.647. The molecule has 0 amide bonds. The van der Waals surface area contributed by atoms with Gasteiger partial charge in [0, 0.05) is 12.8 Å². The largest absolute Gasteiger partial charge is 0.477 e. The minimum atomic E-state index is -0.852. The van der Waals surface area contributed by atoms with Gasteiger partial charge in [-0.05, 0) is 12.8 Å². The fourth-order valence-electron chi connectivity index (χ4n) is 3.92. The molecular formula is C23H47N3O5+2. The second kappa shape index (κ2) is 15.3. The number of rotatable bonds is 15. The van der Waals surface area contributed by atoms with Crippen LogP contribution in [0.3, 0.4) is 0 Å². The monoisotopic (exact) mass is 445 g/mol. The van der Waals surface area contributed by atoms with Crippen LogP contribution in [0.1, 0.15) is 78.1 Å². The third kappa shape index (κ3) is 12.8. The van der Waals surface area contributed by atoms with Crippen LogP contribution in [0.5, 0.6) is 0 Å². The minimum absolute atomic E-state index is 0.0451. The Morgan fingerprint density at radius 3 is 2.00 bits per heavy atom. The van der Waals surface area contributed by atoms with Crippen molar-refractivity contribution in [1.82, 2.24) is 0 Å². The highest BCUT2D eigenvalue weighted by Gasteiger charge is 2.45. The van der Waals surface area contributed by atoms with Gasteiger partial charge >= 0.3 is 11.9 Å². The van der Waals surface area contributed by atoms with Crippen LogP contribution in [-0.4, -0.2) is 95.6 Å². The molecule has 0 saturated heterocycles. The molecule has 0 aromatic heterocycles. The van der Waals surface area contributed by atoms with Crippen molar-refractivity contribution in [3.63, 3.8) is 0 Å². The van der Waals surface area contributed by atoms with E-state index < -0.39 is 18.2 Å². The molecule has 0 fully saturated rings. The second-order valence-corrected chi connectivity index (χ2v) is 9.59. The maximum absolute atomic E-state index is 11.3. The van der Waals surface area contributed by atoms with E-state index in [0.29, 0.717) is 24.0 Å². The van der Waals surface area contributed by atoms with E-state index in [-0.39, 0.29) is 17.6 Å². The molecule has 0 spiro atoms. The first-order chi connectivity index (χ1) is 14.5. The van der Waals surface area contributed by atoms with Crippen molar-refractivity contribution in [3.8, 4) is 0 Å². The summed E-state index contributed by atoms with van der Waals surface area (Å²) in [6.45, 7) is 5.64. The Labute approximate surface area is 188 Å². The lowest BCUT2D eigenvalue weighted by atomic mass is 10.1. The van der Waals surface area contributed by atoms with E-state index in [1.807, 2.05) is 28.1 Å². The number of likely N-dealkylation sites (N-methyl/N-ethyl adjacent to an activating group) is 1. The summed E-state index contributed by atoms with van der Waals surface area (Å²) in [5, 5.41) is 28.1. The average Bonchev–Trinajstić information content (AvgIpc) is 3.02. The average molecular weight is 446 g/mol. The first-order valence-corrected chi connectivity index (χ1v) is 11.8. The molecule has 0 aromatic rings. The number of aliphatic imine (C=N–C) groups is 1. The summed E-state index contributed by atoms with van der Waals surface area (Å²) in [6, 6.07) is 0. The van der Waals surface area contributed by atoms with Gasteiger partial charge in [0.1, 0.15) is 6.54 Å². The van der Waals surface area contributed by atoms with E-state index in [2.05, 4.69) is 11.9 Å². The van der Waals surface area contributed by atoms with Crippen molar-refractivity contribution >= 4 is 17.8 Å². The van der Waals surface area contributed by atoms with E-state index in [1.165, 1.54) is 38.5 Å². The number of quaternary nitrogens is 2. The molecule has 2 unspecified atom stereocenters. The SMILES string of the molecule is CCCCCCCCCC1=NCC[N+]1(CC(=O)O)C(O)CCC.C[N+](C)(C)CC(=O)O. The third-order valence-corrected chi connectivity index (χ3v) is 5.46. The molecule has 1 aliphatic rings. The number of unbranched alkanes of at least 4 members (excludes halogenated alkanes) is 6. The molecule has 8 heteroatoms. The van der Waals surface area contributed by atoms with Crippen molar-refractivity contribution < 1.29 is 33.9 Å². The molecule has 0 radical (unpaired) electrons. The van der Waals surface area contributed by atoms with E-state index in [9.17, 15) is 19.8 Å². The van der Waals surface area contributed by atoms with Gasteiger partial charge < -0.3 is 19.8 Å². The number of amidine groups is 1. The molecule has 1 heterocycles. The smallest absolute Gasteiger partial charge is 0.359 e. The Morgan fingerprint density at radius 1 is 0.968 bits per heavy atom. The summed E-state index contributed by atoms with van der Waals surface area (Å²) in [5.41, 5.74) is 0. The number of hydrogen-bond donors (Lipinski definition) is 3. The molecule has 0 saturated carbocycles. The molecular weight excluding hydrogens is 398 g/mol. The lowest BCUT2D eigenvalue weighted by Gasteiger charge is -2.37. The van der Waals surface area contributed by atoms with Crippen LogP contribution in [0.15, 0.2) is 4.99 Å². The van der Waals surface area contributed by atoms with Gasteiger partial charge in [-0.3, -0.25) is 0 Å². The highest BCUT2D eigenvalue weighted by molar-refractivity contribution is 5.80. The van der Waals surface area contributed by atoms with Gasteiger partial charge in [-0.15, -0.1) is 0 Å². The fraction of sp³-hybridized carbons (Fsp3) is 0.870. The zero-order chi connectivity index (χ0) is 23.9. The summed E-state index contributed by atoms with van der Waals surface area (Å²) in [6.07, 6.45) is 10.3. The number of carboxylic acid groups (broad SMARTS) is 2. The Hall–Kier alpha value is -1.51. The molecule has 2 atom stereocenters. The minimum Gasteiger partial charge on any atom is -0.477 e. The van der Waals surface area contributed by atoms with Crippen LogP contribution in [0.4, 0.5) is 0 Å². The molecule has 1 rings (SSSR count). The van der Waals surface area contributed by atoms with Crippen molar-refractivity contribution in [2.45, 2.75) is 84.3 Å². The van der Waals surface area contributed by atoms with Crippen molar-refractivity contribution in [2.75, 3.05) is 47.3 Å².